The Morgan fingerprint density at radius 2 is 1.55 bits per heavy atom. The van der Waals surface area contributed by atoms with Crippen molar-refractivity contribution in [3.05, 3.63) is 119 Å². The van der Waals surface area contributed by atoms with Gasteiger partial charge in [-0.1, -0.05) is 72.8 Å². The van der Waals surface area contributed by atoms with Gasteiger partial charge < -0.3 is 4.74 Å². The maximum Gasteiger partial charge on any atom is 0.334 e. The zero-order chi connectivity index (χ0) is 21.8. The lowest BCUT2D eigenvalue weighted by Crippen LogP contribution is -2.46. The summed E-state index contributed by atoms with van der Waals surface area (Å²) in [5, 5.41) is 12.5. The number of nitriles is 1. The molecule has 0 saturated heterocycles. The summed E-state index contributed by atoms with van der Waals surface area (Å²) >= 11 is 0. The molecule has 0 aromatic heterocycles. The third kappa shape index (κ3) is 3.65. The second-order valence-electron chi connectivity index (χ2n) is 7.27. The number of nitrogens with zero attached hydrogens (tertiary/aromatic N) is 1. The van der Waals surface area contributed by atoms with Gasteiger partial charge in [0.2, 0.25) is 0 Å². The van der Waals surface area contributed by atoms with Crippen molar-refractivity contribution >= 4 is 11.8 Å². The number of carbonyl (C=O) groups excluding carboxylic acids is 2. The number of esters is 1. The average Bonchev–Trinajstić information content (AvgIpc) is 3.26. The van der Waals surface area contributed by atoms with Crippen LogP contribution >= 0.6 is 0 Å². The Kier molecular flexibility index (Phi) is 5.48. The number of nitrogens with one attached hydrogen (secondary N) is 1. The summed E-state index contributed by atoms with van der Waals surface area (Å²) in [6.07, 6.45) is 1.67. The summed E-state index contributed by atoms with van der Waals surface area (Å²) in [6.45, 7) is 0. The molecule has 1 heterocycles. The Labute approximate surface area is 180 Å². The largest absolute Gasteiger partial charge is 0.467 e. The zero-order valence-corrected chi connectivity index (χ0v) is 16.9. The average molecular weight is 408 g/mol. The first-order valence-electron chi connectivity index (χ1n) is 9.83. The Bertz CT molecular complexity index is 1180. The number of carbonyl (C=O) groups is 2. The second-order valence-corrected chi connectivity index (χ2v) is 7.27. The van der Waals surface area contributed by atoms with Gasteiger partial charge in [0.15, 0.2) is 11.3 Å². The molecule has 3 aromatic carbocycles. The first-order valence-corrected chi connectivity index (χ1v) is 9.83. The van der Waals surface area contributed by atoms with Crippen LogP contribution in [0.1, 0.15) is 33.1 Å². The molecule has 0 aliphatic carbocycles. The van der Waals surface area contributed by atoms with E-state index in [9.17, 15) is 9.59 Å². The van der Waals surface area contributed by atoms with E-state index in [0.717, 1.165) is 5.56 Å². The number of methoxy groups -OCH3 is 1. The van der Waals surface area contributed by atoms with Crippen LogP contribution in [0.5, 0.6) is 0 Å². The monoisotopic (exact) mass is 408 g/mol. The van der Waals surface area contributed by atoms with Crippen LogP contribution in [0.3, 0.4) is 0 Å². The first-order chi connectivity index (χ1) is 15.1. The molecule has 152 valence electrons. The number of hydrogen-bond donors (Lipinski definition) is 1. The van der Waals surface area contributed by atoms with E-state index in [1.165, 1.54) is 7.11 Å². The summed E-state index contributed by atoms with van der Waals surface area (Å²) in [4.78, 5) is 26.5. The second kappa shape index (κ2) is 8.39. The number of rotatable bonds is 5. The predicted octanol–water partition coefficient (Wildman–Crippen LogP) is 4.08. The molecule has 0 spiro atoms. The zero-order valence-electron chi connectivity index (χ0n) is 16.9. The standard InChI is InChI=1S/C26H20N2O3/c1-31-25(30)26(21-10-6-3-7-11-21)16-22(24(29)20-8-4-2-5-9-20)23(28-26)19-14-12-18(17-27)13-15-19/h2-16,23,28H,1H3/t23-,26+/m0/s1. The molecule has 0 saturated carbocycles. The minimum absolute atomic E-state index is 0.177. The van der Waals surface area contributed by atoms with Crippen molar-refractivity contribution in [2.75, 3.05) is 7.11 Å². The van der Waals surface area contributed by atoms with Crippen LogP contribution in [0.4, 0.5) is 0 Å². The van der Waals surface area contributed by atoms with E-state index in [1.807, 2.05) is 36.4 Å². The predicted molar refractivity (Wildman–Crippen MR) is 116 cm³/mol. The van der Waals surface area contributed by atoms with E-state index in [2.05, 4.69) is 11.4 Å². The van der Waals surface area contributed by atoms with Crippen molar-refractivity contribution in [2.45, 2.75) is 11.6 Å². The molecule has 5 nitrogen and oxygen atoms in total. The van der Waals surface area contributed by atoms with Crippen LogP contribution < -0.4 is 5.32 Å². The summed E-state index contributed by atoms with van der Waals surface area (Å²) in [6, 6.07) is 26.7. The molecule has 1 aliphatic heterocycles. The van der Waals surface area contributed by atoms with Crippen LogP contribution in [0.15, 0.2) is 96.6 Å². The van der Waals surface area contributed by atoms with Crippen molar-refractivity contribution in [3.8, 4) is 6.07 Å². The molecule has 1 N–H and O–H groups in total. The SMILES string of the molecule is COC(=O)[C@]1(c2ccccc2)C=C(C(=O)c2ccccc2)[C@H](c2ccc(C#N)cc2)N1. The fourth-order valence-electron chi connectivity index (χ4n) is 3.89. The van der Waals surface area contributed by atoms with Crippen LogP contribution in [0, 0.1) is 11.3 Å². The van der Waals surface area contributed by atoms with Gasteiger partial charge in [0.05, 0.1) is 24.8 Å². The first kappa shape index (κ1) is 20.3. The van der Waals surface area contributed by atoms with E-state index in [1.54, 1.807) is 54.6 Å². The number of ketones is 1. The van der Waals surface area contributed by atoms with Gasteiger partial charge in [0, 0.05) is 11.1 Å². The molecule has 1 aliphatic rings. The van der Waals surface area contributed by atoms with Crippen LogP contribution in [0.25, 0.3) is 0 Å². The van der Waals surface area contributed by atoms with Crippen molar-refractivity contribution < 1.29 is 14.3 Å². The van der Waals surface area contributed by atoms with Crippen molar-refractivity contribution in [1.29, 1.82) is 5.26 Å². The highest BCUT2D eigenvalue weighted by Crippen LogP contribution is 2.40. The van der Waals surface area contributed by atoms with Gasteiger partial charge in [-0.15, -0.1) is 0 Å². The molecule has 0 radical (unpaired) electrons. The Morgan fingerprint density at radius 3 is 2.13 bits per heavy atom. The van der Waals surface area contributed by atoms with Gasteiger partial charge >= 0.3 is 5.97 Å². The van der Waals surface area contributed by atoms with Crippen molar-refractivity contribution in [3.63, 3.8) is 0 Å². The van der Waals surface area contributed by atoms with Gasteiger partial charge in [-0.25, -0.2) is 4.79 Å². The van der Waals surface area contributed by atoms with Gasteiger partial charge in [0.1, 0.15) is 0 Å². The number of Topliss-reactive ketones (excluding diaryl/α,β-unsaturated/α-hetero) is 1. The molecule has 0 fully saturated rings. The van der Waals surface area contributed by atoms with E-state index in [4.69, 9.17) is 10.00 Å². The van der Waals surface area contributed by atoms with Crippen LogP contribution in [-0.2, 0) is 15.1 Å². The normalized spacial score (nSPS) is 19.9. The quantitative estimate of drug-likeness (QED) is 0.508. The van der Waals surface area contributed by atoms with Gasteiger partial charge in [-0.05, 0) is 29.3 Å². The minimum atomic E-state index is -1.31. The van der Waals surface area contributed by atoms with Crippen LogP contribution in [0.2, 0.25) is 0 Å². The Morgan fingerprint density at radius 1 is 0.935 bits per heavy atom. The molecule has 0 amide bonds. The summed E-state index contributed by atoms with van der Waals surface area (Å²) < 4.78 is 5.15. The maximum atomic E-state index is 13.5. The highest BCUT2D eigenvalue weighted by atomic mass is 16.5. The molecule has 5 heteroatoms. The molecule has 0 unspecified atom stereocenters. The highest BCUT2D eigenvalue weighted by Gasteiger charge is 2.48. The molecule has 2 atom stereocenters. The lowest BCUT2D eigenvalue weighted by Gasteiger charge is -2.28. The maximum absolute atomic E-state index is 13.5. The van der Waals surface area contributed by atoms with E-state index in [0.29, 0.717) is 22.3 Å². The summed E-state index contributed by atoms with van der Waals surface area (Å²) in [5.41, 5.74) is 1.64. The number of ether oxygens (including phenoxy) is 1. The number of benzene rings is 3. The molecular formula is C26H20N2O3. The third-order valence-corrected chi connectivity index (χ3v) is 5.46. The highest BCUT2D eigenvalue weighted by molar-refractivity contribution is 6.11. The summed E-state index contributed by atoms with van der Waals surface area (Å²) in [7, 11) is 1.33. The molecule has 4 rings (SSSR count). The molecule has 0 bridgehead atoms. The third-order valence-electron chi connectivity index (χ3n) is 5.46. The molecular weight excluding hydrogens is 388 g/mol. The van der Waals surface area contributed by atoms with Gasteiger partial charge in [-0.3, -0.25) is 10.1 Å². The summed E-state index contributed by atoms with van der Waals surface area (Å²) in [5.74, 6) is -0.683. The molecule has 3 aromatic rings. The van der Waals surface area contributed by atoms with E-state index < -0.39 is 17.6 Å². The minimum Gasteiger partial charge on any atom is -0.467 e. The van der Waals surface area contributed by atoms with Crippen molar-refractivity contribution in [1.82, 2.24) is 5.32 Å². The Hall–Kier alpha value is -4.01. The van der Waals surface area contributed by atoms with Gasteiger partial charge in [-0.2, -0.15) is 5.26 Å². The van der Waals surface area contributed by atoms with E-state index >= 15 is 0 Å². The van der Waals surface area contributed by atoms with Crippen molar-refractivity contribution in [2.24, 2.45) is 0 Å². The smallest absolute Gasteiger partial charge is 0.334 e. The lowest BCUT2D eigenvalue weighted by atomic mass is 9.89. The lowest BCUT2D eigenvalue weighted by molar-refractivity contribution is -0.146. The fraction of sp³-hybridized carbons (Fsp3) is 0.115. The fourth-order valence-corrected chi connectivity index (χ4v) is 3.89. The van der Waals surface area contributed by atoms with Crippen LogP contribution in [-0.4, -0.2) is 18.9 Å². The number of hydrogen-bond acceptors (Lipinski definition) is 5. The molecule has 31 heavy (non-hydrogen) atoms. The van der Waals surface area contributed by atoms with E-state index in [-0.39, 0.29) is 5.78 Å². The van der Waals surface area contributed by atoms with Gasteiger partial charge in [0.25, 0.3) is 0 Å². The Balaban J connectivity index is 1.88. The topological polar surface area (TPSA) is 79.2 Å².